The number of amides is 1. The number of nitrogens with zero attached hydrogens (tertiary/aromatic N) is 2. The van der Waals surface area contributed by atoms with E-state index in [9.17, 15) is 13.2 Å². The van der Waals surface area contributed by atoms with Gasteiger partial charge in [-0.3, -0.25) is 9.69 Å². The summed E-state index contributed by atoms with van der Waals surface area (Å²) in [7, 11) is 1.64. The maximum absolute atomic E-state index is 12.0. The first kappa shape index (κ1) is 15.0. The van der Waals surface area contributed by atoms with E-state index >= 15 is 0 Å². The lowest BCUT2D eigenvalue weighted by Gasteiger charge is -2.12. The van der Waals surface area contributed by atoms with Gasteiger partial charge in [-0.25, -0.2) is 13.4 Å². The molecule has 21 heavy (non-hydrogen) atoms. The van der Waals surface area contributed by atoms with E-state index in [1.807, 2.05) is 0 Å². The summed E-state index contributed by atoms with van der Waals surface area (Å²) in [6, 6.07) is 5.32. The van der Waals surface area contributed by atoms with Crippen LogP contribution in [0, 0.1) is 5.92 Å². The first-order valence-corrected chi connectivity index (χ1v) is 9.78. The molecule has 1 aromatic carbocycles. The summed E-state index contributed by atoms with van der Waals surface area (Å²) in [4.78, 5) is 18.0. The molecule has 0 aliphatic carbocycles. The highest BCUT2D eigenvalue weighted by Gasteiger charge is 2.34. The largest absolute Gasteiger partial charge is 0.288 e. The number of aromatic nitrogens is 1. The van der Waals surface area contributed by atoms with Crippen molar-refractivity contribution in [2.24, 2.45) is 5.92 Å². The standard InChI is InChI=1S/C12H10Cl2N2O3S2/c13-8-1-2-9-10(4-8)20-12(15-9)16-5-7(3-11(16)17)6-21(14,18)19/h1-2,4,7H,3,5-6H2. The molecule has 0 saturated carbocycles. The first-order valence-electron chi connectivity index (χ1n) is 6.10. The number of halogens is 2. The Labute approximate surface area is 134 Å². The summed E-state index contributed by atoms with van der Waals surface area (Å²) < 4.78 is 23.1. The second kappa shape index (κ2) is 5.39. The van der Waals surface area contributed by atoms with Crippen LogP contribution in [-0.2, 0) is 13.8 Å². The number of carbonyl (C=O) groups is 1. The van der Waals surface area contributed by atoms with Gasteiger partial charge in [0.25, 0.3) is 0 Å². The topological polar surface area (TPSA) is 67.3 Å². The SMILES string of the molecule is O=C1CC(CS(=O)(=O)Cl)CN1c1nc2ccc(Cl)cc2s1. The summed E-state index contributed by atoms with van der Waals surface area (Å²) in [6.45, 7) is 0.318. The van der Waals surface area contributed by atoms with Crippen molar-refractivity contribution in [3.05, 3.63) is 23.2 Å². The van der Waals surface area contributed by atoms with E-state index in [-0.39, 0.29) is 24.0 Å². The lowest BCUT2D eigenvalue weighted by Crippen LogP contribution is -2.25. The fourth-order valence-electron chi connectivity index (χ4n) is 2.36. The monoisotopic (exact) mass is 364 g/mol. The zero-order valence-electron chi connectivity index (χ0n) is 10.6. The van der Waals surface area contributed by atoms with Crippen molar-refractivity contribution >= 4 is 63.9 Å². The zero-order chi connectivity index (χ0) is 15.2. The molecule has 2 aromatic rings. The van der Waals surface area contributed by atoms with E-state index < -0.39 is 9.05 Å². The summed E-state index contributed by atoms with van der Waals surface area (Å²) in [5.74, 6) is -0.630. The van der Waals surface area contributed by atoms with Gasteiger partial charge in [-0.2, -0.15) is 0 Å². The van der Waals surface area contributed by atoms with Crippen LogP contribution in [0.5, 0.6) is 0 Å². The van der Waals surface area contributed by atoms with Gasteiger partial charge in [0.2, 0.25) is 15.0 Å². The number of rotatable bonds is 3. The molecular formula is C12H10Cl2N2O3S2. The van der Waals surface area contributed by atoms with Gasteiger partial charge in [-0.15, -0.1) is 0 Å². The van der Waals surface area contributed by atoms with Gasteiger partial charge in [0.1, 0.15) is 0 Å². The van der Waals surface area contributed by atoms with Crippen molar-refractivity contribution in [2.75, 3.05) is 17.2 Å². The lowest BCUT2D eigenvalue weighted by molar-refractivity contribution is -0.117. The summed E-state index contributed by atoms with van der Waals surface area (Å²) >= 11 is 7.29. The smallest absolute Gasteiger partial charge is 0.232 e. The average Bonchev–Trinajstić information content (AvgIpc) is 2.89. The normalized spacial score (nSPS) is 19.6. The second-order valence-corrected chi connectivity index (χ2v) is 9.16. The van der Waals surface area contributed by atoms with Gasteiger partial charge in [0.05, 0.1) is 16.0 Å². The van der Waals surface area contributed by atoms with Crippen molar-refractivity contribution in [1.29, 1.82) is 0 Å². The van der Waals surface area contributed by atoms with E-state index in [4.69, 9.17) is 22.3 Å². The number of benzene rings is 1. The fraction of sp³-hybridized carbons (Fsp3) is 0.333. The van der Waals surface area contributed by atoms with Crippen LogP contribution in [0.4, 0.5) is 5.13 Å². The van der Waals surface area contributed by atoms with E-state index in [1.54, 1.807) is 18.2 Å². The fourth-order valence-corrected chi connectivity index (χ4v) is 4.95. The Hall–Kier alpha value is -0.890. The first-order chi connectivity index (χ1) is 9.82. The molecule has 9 heteroatoms. The number of hydrogen-bond donors (Lipinski definition) is 0. The predicted molar refractivity (Wildman–Crippen MR) is 84.7 cm³/mol. The molecule has 5 nitrogen and oxygen atoms in total. The zero-order valence-corrected chi connectivity index (χ0v) is 13.8. The minimum atomic E-state index is -3.61. The molecule has 1 aliphatic rings. The highest BCUT2D eigenvalue weighted by atomic mass is 35.7. The van der Waals surface area contributed by atoms with Crippen molar-refractivity contribution in [1.82, 2.24) is 4.98 Å². The number of carbonyl (C=O) groups excluding carboxylic acids is 1. The lowest BCUT2D eigenvalue weighted by atomic mass is 10.1. The number of anilines is 1. The maximum atomic E-state index is 12.0. The highest BCUT2D eigenvalue weighted by Crippen LogP contribution is 2.34. The van der Waals surface area contributed by atoms with Crippen LogP contribution in [0.15, 0.2) is 18.2 Å². The molecule has 0 bridgehead atoms. The van der Waals surface area contributed by atoms with Crippen LogP contribution >= 0.6 is 33.6 Å². The van der Waals surface area contributed by atoms with E-state index in [2.05, 4.69) is 4.98 Å². The Kier molecular flexibility index (Phi) is 3.85. The highest BCUT2D eigenvalue weighted by molar-refractivity contribution is 8.13. The van der Waals surface area contributed by atoms with Crippen LogP contribution in [0.3, 0.4) is 0 Å². The van der Waals surface area contributed by atoms with Crippen LogP contribution in [0.25, 0.3) is 10.2 Å². The van der Waals surface area contributed by atoms with Gasteiger partial charge >= 0.3 is 0 Å². The quantitative estimate of drug-likeness (QED) is 0.785. The van der Waals surface area contributed by atoms with Crippen molar-refractivity contribution in [2.45, 2.75) is 6.42 Å². The maximum Gasteiger partial charge on any atom is 0.232 e. The van der Waals surface area contributed by atoms with Crippen LogP contribution in [-0.4, -0.2) is 31.6 Å². The minimum absolute atomic E-state index is 0.134. The van der Waals surface area contributed by atoms with Gasteiger partial charge in [-0.1, -0.05) is 22.9 Å². The van der Waals surface area contributed by atoms with Crippen LogP contribution < -0.4 is 4.90 Å². The molecule has 1 atom stereocenters. The number of thiazole rings is 1. The van der Waals surface area contributed by atoms with Gasteiger partial charge in [0, 0.05) is 34.6 Å². The predicted octanol–water partition coefficient (Wildman–Crippen LogP) is 2.87. The number of fused-ring (bicyclic) bond motifs is 1. The molecule has 2 heterocycles. The Bertz CT molecular complexity index is 819. The molecule has 0 spiro atoms. The van der Waals surface area contributed by atoms with E-state index in [1.165, 1.54) is 16.2 Å². The van der Waals surface area contributed by atoms with Crippen molar-refractivity contribution < 1.29 is 13.2 Å². The summed E-state index contributed by atoms with van der Waals surface area (Å²) in [6.07, 6.45) is 0.169. The third-order valence-corrected chi connectivity index (χ3v) is 5.73. The Morgan fingerprint density at radius 1 is 1.43 bits per heavy atom. The molecule has 1 saturated heterocycles. The Morgan fingerprint density at radius 3 is 2.90 bits per heavy atom. The van der Waals surface area contributed by atoms with Crippen molar-refractivity contribution in [3.63, 3.8) is 0 Å². The third-order valence-electron chi connectivity index (χ3n) is 3.21. The molecule has 0 N–H and O–H groups in total. The Morgan fingerprint density at radius 2 is 2.19 bits per heavy atom. The van der Waals surface area contributed by atoms with E-state index in [0.29, 0.717) is 16.7 Å². The molecule has 0 radical (unpaired) electrons. The minimum Gasteiger partial charge on any atom is -0.288 e. The third kappa shape index (κ3) is 3.31. The van der Waals surface area contributed by atoms with Crippen LogP contribution in [0.2, 0.25) is 5.02 Å². The molecule has 112 valence electrons. The molecule has 3 rings (SSSR count). The second-order valence-electron chi connectivity index (χ2n) is 4.89. The van der Waals surface area contributed by atoms with Crippen molar-refractivity contribution in [3.8, 4) is 0 Å². The molecule has 1 aliphatic heterocycles. The van der Waals surface area contributed by atoms with Gasteiger partial charge in [-0.05, 0) is 18.2 Å². The number of hydrogen-bond acceptors (Lipinski definition) is 5. The Balaban J connectivity index is 1.87. The van der Waals surface area contributed by atoms with Gasteiger partial charge in [0.15, 0.2) is 5.13 Å². The molecule has 1 aromatic heterocycles. The van der Waals surface area contributed by atoms with E-state index in [0.717, 1.165) is 10.2 Å². The molecule has 1 unspecified atom stereocenters. The molecular weight excluding hydrogens is 355 g/mol. The summed E-state index contributed by atoms with van der Waals surface area (Å²) in [5.41, 5.74) is 0.764. The summed E-state index contributed by atoms with van der Waals surface area (Å²) in [5, 5.41) is 1.17. The average molecular weight is 365 g/mol. The molecule has 1 fully saturated rings. The van der Waals surface area contributed by atoms with Gasteiger partial charge < -0.3 is 0 Å². The van der Waals surface area contributed by atoms with Crippen LogP contribution in [0.1, 0.15) is 6.42 Å². The molecule has 1 amide bonds.